The third kappa shape index (κ3) is 2.76. The van der Waals surface area contributed by atoms with Crippen molar-refractivity contribution in [1.29, 1.82) is 0 Å². The molecule has 1 heterocycles. The molecule has 5 nitrogen and oxygen atoms in total. The Kier molecular flexibility index (Phi) is 3.46. The summed E-state index contributed by atoms with van der Waals surface area (Å²) in [5.41, 5.74) is 2.83. The number of aromatic amines is 1. The van der Waals surface area contributed by atoms with E-state index in [2.05, 4.69) is 32.6 Å². The highest BCUT2D eigenvalue weighted by atomic mass is 16.5. The van der Waals surface area contributed by atoms with Gasteiger partial charge in [-0.05, 0) is 42.5 Å². The molecule has 0 radical (unpaired) electrons. The minimum atomic E-state index is 0.490. The van der Waals surface area contributed by atoms with Gasteiger partial charge in [-0.2, -0.15) is 5.10 Å². The molecule has 3 rings (SSSR count). The van der Waals surface area contributed by atoms with Crippen LogP contribution in [0.15, 0.2) is 24.5 Å². The first-order chi connectivity index (χ1) is 9.35. The van der Waals surface area contributed by atoms with Gasteiger partial charge in [-0.25, -0.2) is 4.98 Å². The molecule has 2 aromatic rings. The van der Waals surface area contributed by atoms with Crippen LogP contribution in [0.2, 0.25) is 0 Å². The standard InChI is InChI=1S/C14H18N4O/c1-19-13-5-3-10-2-4-12(6-11(10)7-13)15-8-14-16-9-17-18-14/h3,5,7,9,12,15H,2,4,6,8H2,1H3,(H,16,17,18). The van der Waals surface area contributed by atoms with Crippen molar-refractivity contribution in [3.05, 3.63) is 41.5 Å². The molecule has 5 heteroatoms. The summed E-state index contributed by atoms with van der Waals surface area (Å²) >= 11 is 0. The molecule has 0 saturated heterocycles. The lowest BCUT2D eigenvalue weighted by Gasteiger charge is -2.25. The van der Waals surface area contributed by atoms with Crippen molar-refractivity contribution in [2.75, 3.05) is 7.11 Å². The first-order valence-electron chi connectivity index (χ1n) is 6.58. The molecule has 1 aromatic heterocycles. The Hall–Kier alpha value is -1.88. The normalized spacial score (nSPS) is 18.1. The molecule has 0 amide bonds. The maximum absolute atomic E-state index is 5.29. The number of H-pyrrole nitrogens is 1. The lowest BCUT2D eigenvalue weighted by Crippen LogP contribution is -2.34. The van der Waals surface area contributed by atoms with E-state index in [-0.39, 0.29) is 0 Å². The molecule has 0 saturated carbocycles. The number of ether oxygens (including phenoxy) is 1. The van der Waals surface area contributed by atoms with E-state index in [1.807, 2.05) is 6.07 Å². The van der Waals surface area contributed by atoms with Crippen molar-refractivity contribution in [1.82, 2.24) is 20.5 Å². The van der Waals surface area contributed by atoms with Crippen LogP contribution < -0.4 is 10.1 Å². The first-order valence-corrected chi connectivity index (χ1v) is 6.58. The second-order valence-electron chi connectivity index (χ2n) is 4.89. The van der Waals surface area contributed by atoms with E-state index in [9.17, 15) is 0 Å². The van der Waals surface area contributed by atoms with Crippen LogP contribution in [0.5, 0.6) is 5.75 Å². The number of aryl methyl sites for hydroxylation is 1. The van der Waals surface area contributed by atoms with Crippen LogP contribution in [0.1, 0.15) is 23.4 Å². The lowest BCUT2D eigenvalue weighted by molar-refractivity contribution is 0.410. The van der Waals surface area contributed by atoms with Gasteiger partial charge in [0.2, 0.25) is 0 Å². The van der Waals surface area contributed by atoms with Crippen molar-refractivity contribution in [3.63, 3.8) is 0 Å². The zero-order valence-corrected chi connectivity index (χ0v) is 11.0. The number of benzene rings is 1. The highest BCUT2D eigenvalue weighted by molar-refractivity contribution is 5.37. The Bertz CT molecular complexity index is 538. The highest BCUT2D eigenvalue weighted by Crippen LogP contribution is 2.25. The van der Waals surface area contributed by atoms with E-state index >= 15 is 0 Å². The molecular weight excluding hydrogens is 240 g/mol. The number of nitrogens with zero attached hydrogens (tertiary/aromatic N) is 2. The second-order valence-corrected chi connectivity index (χ2v) is 4.89. The van der Waals surface area contributed by atoms with Crippen molar-refractivity contribution in [3.8, 4) is 5.75 Å². The quantitative estimate of drug-likeness (QED) is 0.871. The average molecular weight is 258 g/mol. The molecule has 1 unspecified atom stereocenters. The molecular formula is C14H18N4O. The Morgan fingerprint density at radius 3 is 3.16 bits per heavy atom. The Labute approximate surface area is 112 Å². The predicted octanol–water partition coefficient (Wildman–Crippen LogP) is 1.46. The van der Waals surface area contributed by atoms with Crippen LogP contribution in [0.25, 0.3) is 0 Å². The number of rotatable bonds is 4. The van der Waals surface area contributed by atoms with Crippen LogP contribution >= 0.6 is 0 Å². The van der Waals surface area contributed by atoms with E-state index < -0.39 is 0 Å². The van der Waals surface area contributed by atoms with Crippen LogP contribution in [-0.4, -0.2) is 28.3 Å². The maximum atomic E-state index is 5.29. The average Bonchev–Trinajstić information content (AvgIpc) is 2.97. The predicted molar refractivity (Wildman–Crippen MR) is 72.0 cm³/mol. The number of fused-ring (bicyclic) bond motifs is 1. The Balaban J connectivity index is 1.64. The fourth-order valence-corrected chi connectivity index (χ4v) is 2.59. The van der Waals surface area contributed by atoms with Crippen molar-refractivity contribution >= 4 is 0 Å². The van der Waals surface area contributed by atoms with Gasteiger partial charge >= 0.3 is 0 Å². The highest BCUT2D eigenvalue weighted by Gasteiger charge is 2.18. The minimum Gasteiger partial charge on any atom is -0.497 e. The number of hydrogen-bond acceptors (Lipinski definition) is 4. The molecule has 1 aliphatic carbocycles. The molecule has 1 aliphatic rings. The van der Waals surface area contributed by atoms with Gasteiger partial charge in [0.05, 0.1) is 13.7 Å². The van der Waals surface area contributed by atoms with Gasteiger partial charge < -0.3 is 10.1 Å². The lowest BCUT2D eigenvalue weighted by atomic mass is 9.88. The number of aromatic nitrogens is 3. The first kappa shape index (κ1) is 12.2. The summed E-state index contributed by atoms with van der Waals surface area (Å²) in [6.45, 7) is 0.740. The van der Waals surface area contributed by atoms with Gasteiger partial charge in [0.1, 0.15) is 17.9 Å². The number of hydrogen-bond donors (Lipinski definition) is 2. The van der Waals surface area contributed by atoms with Crippen molar-refractivity contribution in [2.45, 2.75) is 31.8 Å². The van der Waals surface area contributed by atoms with Crippen LogP contribution in [-0.2, 0) is 19.4 Å². The van der Waals surface area contributed by atoms with Gasteiger partial charge in [-0.1, -0.05) is 6.07 Å². The van der Waals surface area contributed by atoms with Gasteiger partial charge in [-0.3, -0.25) is 5.10 Å². The molecule has 0 bridgehead atoms. The van der Waals surface area contributed by atoms with Gasteiger partial charge in [-0.15, -0.1) is 0 Å². The summed E-state index contributed by atoms with van der Waals surface area (Å²) in [7, 11) is 1.71. The van der Waals surface area contributed by atoms with Gasteiger partial charge in [0.15, 0.2) is 0 Å². The molecule has 19 heavy (non-hydrogen) atoms. The summed E-state index contributed by atoms with van der Waals surface area (Å²) in [6, 6.07) is 6.87. The second kappa shape index (κ2) is 5.40. The van der Waals surface area contributed by atoms with Gasteiger partial charge in [0, 0.05) is 6.04 Å². The summed E-state index contributed by atoms with van der Waals surface area (Å²) in [5.74, 6) is 1.83. The molecule has 100 valence electrons. The van der Waals surface area contributed by atoms with Gasteiger partial charge in [0.25, 0.3) is 0 Å². The van der Waals surface area contributed by atoms with Crippen molar-refractivity contribution in [2.24, 2.45) is 0 Å². The maximum Gasteiger partial charge on any atom is 0.138 e. The number of nitrogens with one attached hydrogen (secondary N) is 2. The monoisotopic (exact) mass is 258 g/mol. The third-order valence-electron chi connectivity index (χ3n) is 3.66. The molecule has 0 fully saturated rings. The zero-order valence-electron chi connectivity index (χ0n) is 11.0. The van der Waals surface area contributed by atoms with Crippen molar-refractivity contribution < 1.29 is 4.74 Å². The van der Waals surface area contributed by atoms with Crippen LogP contribution in [0.3, 0.4) is 0 Å². The third-order valence-corrected chi connectivity index (χ3v) is 3.66. The SMILES string of the molecule is COc1ccc2c(c1)CC(NCc1ncn[nH]1)CC2. The molecule has 2 N–H and O–H groups in total. The summed E-state index contributed by atoms with van der Waals surface area (Å²) in [4.78, 5) is 4.12. The molecule has 1 atom stereocenters. The van der Waals surface area contributed by atoms with E-state index in [0.717, 1.165) is 37.4 Å². The fraction of sp³-hybridized carbons (Fsp3) is 0.429. The topological polar surface area (TPSA) is 62.8 Å². The smallest absolute Gasteiger partial charge is 0.138 e. The Morgan fingerprint density at radius 2 is 2.37 bits per heavy atom. The van der Waals surface area contributed by atoms with E-state index in [4.69, 9.17) is 4.74 Å². The summed E-state index contributed by atoms with van der Waals surface area (Å²) < 4.78 is 5.29. The summed E-state index contributed by atoms with van der Waals surface area (Å²) in [5, 5.41) is 10.3. The molecule has 1 aromatic carbocycles. The number of methoxy groups -OCH3 is 1. The van der Waals surface area contributed by atoms with E-state index in [1.54, 1.807) is 7.11 Å². The van der Waals surface area contributed by atoms with Crippen LogP contribution in [0, 0.1) is 0 Å². The van der Waals surface area contributed by atoms with E-state index in [0.29, 0.717) is 6.04 Å². The van der Waals surface area contributed by atoms with Crippen LogP contribution in [0.4, 0.5) is 0 Å². The molecule has 0 aliphatic heterocycles. The summed E-state index contributed by atoms with van der Waals surface area (Å²) in [6.07, 6.45) is 4.86. The largest absolute Gasteiger partial charge is 0.497 e. The minimum absolute atomic E-state index is 0.490. The molecule has 0 spiro atoms. The Morgan fingerprint density at radius 1 is 1.42 bits per heavy atom. The van der Waals surface area contributed by atoms with E-state index in [1.165, 1.54) is 17.5 Å². The zero-order chi connectivity index (χ0) is 13.1. The fourth-order valence-electron chi connectivity index (χ4n) is 2.59.